The van der Waals surface area contributed by atoms with Crippen LogP contribution in [-0.4, -0.2) is 6.61 Å². The minimum Gasteiger partial charge on any atom is -0.373 e. The Morgan fingerprint density at radius 3 is 1.89 bits per heavy atom. The van der Waals surface area contributed by atoms with Crippen LogP contribution < -0.4 is 0 Å². The van der Waals surface area contributed by atoms with E-state index in [1.807, 2.05) is 0 Å². The highest BCUT2D eigenvalue weighted by molar-refractivity contribution is 5.63. The zero-order valence-corrected chi connectivity index (χ0v) is 17.1. The van der Waals surface area contributed by atoms with Gasteiger partial charge in [0.05, 0.1) is 13.2 Å². The van der Waals surface area contributed by atoms with E-state index >= 15 is 0 Å². The molecule has 2 aromatic carbocycles. The Balaban J connectivity index is 1.47. The molecule has 0 unspecified atom stereocenters. The standard InChI is InChI=1S/C27H34O/c1-3-5-22-6-8-23(9-7-22)10-11-24-12-16-26(17-13-24)27-18-14-25(15-19-27)21-28-20-4-2/h3-4,12-19,22-23H,1-2,5-11,20-21H2. The summed E-state index contributed by atoms with van der Waals surface area (Å²) in [6.07, 6.45) is 13.2. The van der Waals surface area contributed by atoms with Crippen molar-refractivity contribution in [1.29, 1.82) is 0 Å². The van der Waals surface area contributed by atoms with Gasteiger partial charge in [-0.1, -0.05) is 73.5 Å². The van der Waals surface area contributed by atoms with Gasteiger partial charge in [0.15, 0.2) is 0 Å². The largest absolute Gasteiger partial charge is 0.373 e. The maximum atomic E-state index is 5.50. The number of hydrogen-bond donors (Lipinski definition) is 0. The number of benzene rings is 2. The van der Waals surface area contributed by atoms with Gasteiger partial charge in [-0.2, -0.15) is 0 Å². The third-order valence-electron chi connectivity index (χ3n) is 6.05. The minimum atomic E-state index is 0.597. The van der Waals surface area contributed by atoms with E-state index in [0.29, 0.717) is 13.2 Å². The summed E-state index contributed by atoms with van der Waals surface area (Å²) in [4.78, 5) is 0. The summed E-state index contributed by atoms with van der Waals surface area (Å²) >= 11 is 0. The van der Waals surface area contributed by atoms with Crippen molar-refractivity contribution in [3.8, 4) is 11.1 Å². The summed E-state index contributed by atoms with van der Waals surface area (Å²) in [6.45, 7) is 8.80. The molecule has 0 heterocycles. The summed E-state index contributed by atoms with van der Waals surface area (Å²) in [5.41, 5.74) is 5.21. The average molecular weight is 375 g/mol. The van der Waals surface area contributed by atoms with Gasteiger partial charge in [-0.25, -0.2) is 0 Å². The van der Waals surface area contributed by atoms with Crippen molar-refractivity contribution in [3.05, 3.63) is 85.0 Å². The molecule has 1 aliphatic rings. The Morgan fingerprint density at radius 2 is 1.32 bits per heavy atom. The van der Waals surface area contributed by atoms with Crippen molar-refractivity contribution in [2.24, 2.45) is 11.8 Å². The molecular formula is C27H34O. The second kappa shape index (κ2) is 11.0. The highest BCUT2D eigenvalue weighted by atomic mass is 16.5. The number of rotatable bonds is 10. The maximum Gasteiger partial charge on any atom is 0.0721 e. The van der Waals surface area contributed by atoms with Crippen LogP contribution in [0.15, 0.2) is 73.8 Å². The molecule has 1 saturated carbocycles. The molecule has 1 heteroatoms. The number of aryl methyl sites for hydroxylation is 1. The lowest BCUT2D eigenvalue weighted by molar-refractivity contribution is 0.149. The van der Waals surface area contributed by atoms with Crippen LogP contribution in [0.5, 0.6) is 0 Å². The van der Waals surface area contributed by atoms with Crippen LogP contribution in [0.2, 0.25) is 0 Å². The van der Waals surface area contributed by atoms with Gasteiger partial charge < -0.3 is 4.74 Å². The van der Waals surface area contributed by atoms with Crippen LogP contribution in [0.4, 0.5) is 0 Å². The zero-order valence-electron chi connectivity index (χ0n) is 17.1. The molecule has 0 aromatic heterocycles. The van der Waals surface area contributed by atoms with Gasteiger partial charge in [0, 0.05) is 0 Å². The molecule has 3 rings (SSSR count). The highest BCUT2D eigenvalue weighted by Gasteiger charge is 2.19. The van der Waals surface area contributed by atoms with E-state index in [0.717, 1.165) is 11.8 Å². The molecule has 1 nitrogen and oxygen atoms in total. The number of hydrogen-bond acceptors (Lipinski definition) is 1. The van der Waals surface area contributed by atoms with Crippen LogP contribution in [0.1, 0.15) is 49.7 Å². The van der Waals surface area contributed by atoms with E-state index in [2.05, 4.69) is 67.8 Å². The lowest BCUT2D eigenvalue weighted by Gasteiger charge is -2.27. The van der Waals surface area contributed by atoms with Gasteiger partial charge in [0.25, 0.3) is 0 Å². The van der Waals surface area contributed by atoms with Crippen molar-refractivity contribution in [2.75, 3.05) is 6.61 Å². The van der Waals surface area contributed by atoms with Gasteiger partial charge >= 0.3 is 0 Å². The van der Waals surface area contributed by atoms with Gasteiger partial charge in [0.2, 0.25) is 0 Å². The molecule has 1 fully saturated rings. The van der Waals surface area contributed by atoms with Crippen LogP contribution >= 0.6 is 0 Å². The molecule has 0 amide bonds. The van der Waals surface area contributed by atoms with Crippen LogP contribution in [0.3, 0.4) is 0 Å². The van der Waals surface area contributed by atoms with Crippen LogP contribution in [0.25, 0.3) is 11.1 Å². The molecule has 0 N–H and O–H groups in total. The second-order valence-electron chi connectivity index (χ2n) is 8.15. The fourth-order valence-corrected chi connectivity index (χ4v) is 4.28. The van der Waals surface area contributed by atoms with Crippen LogP contribution in [-0.2, 0) is 17.8 Å². The first kappa shape index (κ1) is 20.6. The fraction of sp³-hybridized carbons (Fsp3) is 0.407. The average Bonchev–Trinajstić information content (AvgIpc) is 2.75. The maximum absolute atomic E-state index is 5.50. The Kier molecular flexibility index (Phi) is 8.11. The second-order valence-corrected chi connectivity index (χ2v) is 8.15. The smallest absolute Gasteiger partial charge is 0.0721 e. The number of allylic oxidation sites excluding steroid dienone is 1. The fourth-order valence-electron chi connectivity index (χ4n) is 4.28. The third-order valence-corrected chi connectivity index (χ3v) is 6.05. The molecule has 0 bridgehead atoms. The Morgan fingerprint density at radius 1 is 0.750 bits per heavy atom. The molecular weight excluding hydrogens is 340 g/mol. The summed E-state index contributed by atoms with van der Waals surface area (Å²) in [7, 11) is 0. The summed E-state index contributed by atoms with van der Waals surface area (Å²) < 4.78 is 5.50. The van der Waals surface area contributed by atoms with E-state index in [1.54, 1.807) is 6.08 Å². The molecule has 0 radical (unpaired) electrons. The monoisotopic (exact) mass is 374 g/mol. The van der Waals surface area contributed by atoms with Crippen molar-refractivity contribution < 1.29 is 4.74 Å². The van der Waals surface area contributed by atoms with E-state index in [9.17, 15) is 0 Å². The summed E-state index contributed by atoms with van der Waals surface area (Å²) in [5.74, 6) is 1.81. The predicted octanol–water partition coefficient (Wildman–Crippen LogP) is 7.37. The lowest BCUT2D eigenvalue weighted by atomic mass is 9.78. The first-order valence-electron chi connectivity index (χ1n) is 10.8. The van der Waals surface area contributed by atoms with Crippen LogP contribution in [0, 0.1) is 11.8 Å². The SMILES string of the molecule is C=CCOCc1ccc(-c2ccc(CCC3CCC(CC=C)CC3)cc2)cc1. The quantitative estimate of drug-likeness (QED) is 0.311. The molecule has 0 spiro atoms. The third kappa shape index (κ3) is 6.21. The van der Waals surface area contributed by atoms with E-state index in [4.69, 9.17) is 4.74 Å². The summed E-state index contributed by atoms with van der Waals surface area (Å²) in [5, 5.41) is 0. The molecule has 0 atom stereocenters. The van der Waals surface area contributed by atoms with E-state index < -0.39 is 0 Å². The molecule has 0 aliphatic heterocycles. The van der Waals surface area contributed by atoms with Gasteiger partial charge in [-0.3, -0.25) is 0 Å². The highest BCUT2D eigenvalue weighted by Crippen LogP contribution is 2.33. The Bertz CT molecular complexity index is 718. The Hall–Kier alpha value is -2.12. The predicted molar refractivity (Wildman–Crippen MR) is 120 cm³/mol. The molecule has 28 heavy (non-hydrogen) atoms. The van der Waals surface area contributed by atoms with Crippen molar-refractivity contribution >= 4 is 0 Å². The van der Waals surface area contributed by atoms with Gasteiger partial charge in [-0.15, -0.1) is 13.2 Å². The first-order chi connectivity index (χ1) is 13.8. The lowest BCUT2D eigenvalue weighted by Crippen LogP contribution is -2.14. The van der Waals surface area contributed by atoms with E-state index in [1.165, 1.54) is 67.2 Å². The molecule has 2 aromatic rings. The zero-order chi connectivity index (χ0) is 19.6. The summed E-state index contributed by atoms with van der Waals surface area (Å²) in [6, 6.07) is 17.8. The topological polar surface area (TPSA) is 9.23 Å². The van der Waals surface area contributed by atoms with Gasteiger partial charge in [0.1, 0.15) is 0 Å². The molecule has 148 valence electrons. The normalized spacial score (nSPS) is 19.3. The van der Waals surface area contributed by atoms with E-state index in [-0.39, 0.29) is 0 Å². The minimum absolute atomic E-state index is 0.597. The molecule has 0 saturated heterocycles. The van der Waals surface area contributed by atoms with Crippen molar-refractivity contribution in [2.45, 2.75) is 51.6 Å². The van der Waals surface area contributed by atoms with Crippen molar-refractivity contribution in [1.82, 2.24) is 0 Å². The first-order valence-corrected chi connectivity index (χ1v) is 10.8. The molecule has 1 aliphatic carbocycles. The van der Waals surface area contributed by atoms with Crippen molar-refractivity contribution in [3.63, 3.8) is 0 Å². The number of ether oxygens (including phenoxy) is 1. The Labute approximate surface area is 171 Å². The van der Waals surface area contributed by atoms with Gasteiger partial charge in [-0.05, 0) is 66.2 Å².